The van der Waals surface area contributed by atoms with Crippen molar-refractivity contribution in [2.75, 3.05) is 7.11 Å². The van der Waals surface area contributed by atoms with Gasteiger partial charge in [-0.25, -0.2) is 0 Å². The summed E-state index contributed by atoms with van der Waals surface area (Å²) in [6.07, 6.45) is 1.79. The minimum absolute atomic E-state index is 0.323. The standard InChI is InChI=1S/C20H18N4O3/c1-25-14-7-5-13(6-8-14)16-18(10-21,11-22)19(12-23)15-4-2-3-9-20(15,26-16)27-17(19)24/h5-8,15-16,24H,2-4,9H2,1H3. The predicted octanol–water partition coefficient (Wildman–Crippen LogP) is 3.20. The van der Waals surface area contributed by atoms with Gasteiger partial charge in [-0.2, -0.15) is 15.8 Å². The molecule has 1 N–H and O–H groups in total. The van der Waals surface area contributed by atoms with E-state index < -0.39 is 28.6 Å². The van der Waals surface area contributed by atoms with E-state index in [1.165, 1.54) is 0 Å². The molecule has 0 radical (unpaired) electrons. The fourth-order valence-corrected chi connectivity index (χ4v) is 4.94. The van der Waals surface area contributed by atoms with E-state index in [0.29, 0.717) is 24.2 Å². The molecule has 7 heteroatoms. The summed E-state index contributed by atoms with van der Waals surface area (Å²) in [4.78, 5) is 0. The van der Waals surface area contributed by atoms with E-state index >= 15 is 0 Å². The molecule has 0 amide bonds. The summed E-state index contributed by atoms with van der Waals surface area (Å²) in [6, 6.07) is 13.2. The number of nitriles is 3. The first kappa shape index (κ1) is 17.3. The third-order valence-corrected chi connectivity index (χ3v) is 6.23. The molecule has 4 unspecified atom stereocenters. The van der Waals surface area contributed by atoms with Gasteiger partial charge in [0.05, 0.1) is 31.2 Å². The van der Waals surface area contributed by atoms with Crippen LogP contribution in [0.1, 0.15) is 37.4 Å². The van der Waals surface area contributed by atoms with Crippen molar-refractivity contribution >= 4 is 5.90 Å². The van der Waals surface area contributed by atoms with E-state index in [4.69, 9.17) is 19.6 Å². The van der Waals surface area contributed by atoms with E-state index in [-0.39, 0.29) is 5.90 Å². The second-order valence-electron chi connectivity index (χ2n) is 7.26. The molecule has 27 heavy (non-hydrogen) atoms. The lowest BCUT2D eigenvalue weighted by atomic mass is 9.51. The van der Waals surface area contributed by atoms with Gasteiger partial charge < -0.3 is 14.2 Å². The molecule has 3 fully saturated rings. The van der Waals surface area contributed by atoms with Gasteiger partial charge in [0.25, 0.3) is 0 Å². The van der Waals surface area contributed by atoms with Crippen LogP contribution in [0.4, 0.5) is 0 Å². The van der Waals surface area contributed by atoms with Crippen LogP contribution in [0.25, 0.3) is 0 Å². The lowest BCUT2D eigenvalue weighted by Crippen LogP contribution is -2.60. The fraction of sp³-hybridized carbons (Fsp3) is 0.500. The largest absolute Gasteiger partial charge is 0.497 e. The van der Waals surface area contributed by atoms with Gasteiger partial charge in [0, 0.05) is 6.42 Å². The van der Waals surface area contributed by atoms with Gasteiger partial charge in [0.2, 0.25) is 17.1 Å². The average molecular weight is 362 g/mol. The zero-order chi connectivity index (χ0) is 19.3. The zero-order valence-corrected chi connectivity index (χ0v) is 14.9. The van der Waals surface area contributed by atoms with Crippen molar-refractivity contribution < 1.29 is 14.2 Å². The molecule has 2 saturated heterocycles. The van der Waals surface area contributed by atoms with E-state index in [1.54, 1.807) is 31.4 Å². The van der Waals surface area contributed by atoms with Crippen LogP contribution in [0.2, 0.25) is 0 Å². The molecule has 3 aliphatic rings. The molecule has 2 aliphatic heterocycles. The highest BCUT2D eigenvalue weighted by Gasteiger charge is 2.80. The maximum atomic E-state index is 10.2. The average Bonchev–Trinajstić information content (AvgIpc) is 2.92. The van der Waals surface area contributed by atoms with E-state index in [1.807, 2.05) is 0 Å². The van der Waals surface area contributed by atoms with Gasteiger partial charge in [0.1, 0.15) is 11.9 Å². The van der Waals surface area contributed by atoms with Crippen LogP contribution in [-0.2, 0) is 9.47 Å². The maximum absolute atomic E-state index is 10.2. The number of benzene rings is 1. The first-order valence-electron chi connectivity index (χ1n) is 8.87. The number of hydrogen-bond acceptors (Lipinski definition) is 7. The zero-order valence-electron chi connectivity index (χ0n) is 14.9. The lowest BCUT2D eigenvalue weighted by molar-refractivity contribution is -0.294. The quantitative estimate of drug-likeness (QED) is 0.861. The molecule has 1 saturated carbocycles. The topological polar surface area (TPSA) is 123 Å². The third kappa shape index (κ3) is 1.89. The van der Waals surface area contributed by atoms with E-state index in [0.717, 1.165) is 12.8 Å². The SMILES string of the molecule is COc1ccc(C2OC34CCCCC3C(C#N)(C(=N)O4)C2(C#N)C#N)cc1. The minimum atomic E-state index is -1.88. The third-order valence-electron chi connectivity index (χ3n) is 6.23. The maximum Gasteiger partial charge on any atom is 0.217 e. The molecular weight excluding hydrogens is 344 g/mol. The normalized spacial score (nSPS) is 35.7. The predicted molar refractivity (Wildman–Crippen MR) is 92.0 cm³/mol. The Morgan fingerprint density at radius 1 is 1.11 bits per heavy atom. The molecule has 0 aromatic heterocycles. The van der Waals surface area contributed by atoms with Gasteiger partial charge in [-0.3, -0.25) is 5.41 Å². The lowest BCUT2D eigenvalue weighted by Gasteiger charge is -2.51. The van der Waals surface area contributed by atoms with Crippen molar-refractivity contribution in [1.82, 2.24) is 0 Å². The molecule has 2 bridgehead atoms. The van der Waals surface area contributed by atoms with Crippen LogP contribution < -0.4 is 4.74 Å². The van der Waals surface area contributed by atoms with Crippen LogP contribution in [0.5, 0.6) is 5.75 Å². The Morgan fingerprint density at radius 3 is 2.41 bits per heavy atom. The Balaban J connectivity index is 1.95. The Hall–Kier alpha value is -3.08. The Labute approximate surface area is 157 Å². The number of rotatable bonds is 2. The fourth-order valence-electron chi connectivity index (χ4n) is 4.94. The second kappa shape index (κ2) is 5.71. The van der Waals surface area contributed by atoms with Crippen LogP contribution in [-0.4, -0.2) is 18.8 Å². The Bertz CT molecular complexity index is 909. The summed E-state index contributed by atoms with van der Waals surface area (Å²) in [6.45, 7) is 0. The van der Waals surface area contributed by atoms with Crippen molar-refractivity contribution in [3.63, 3.8) is 0 Å². The summed E-state index contributed by atoms with van der Waals surface area (Å²) in [7, 11) is 1.55. The van der Waals surface area contributed by atoms with Crippen LogP contribution in [0.3, 0.4) is 0 Å². The Kier molecular flexibility index (Phi) is 3.67. The summed E-state index contributed by atoms with van der Waals surface area (Å²) < 4.78 is 17.3. The van der Waals surface area contributed by atoms with Crippen LogP contribution >= 0.6 is 0 Å². The molecule has 7 nitrogen and oxygen atoms in total. The van der Waals surface area contributed by atoms with E-state index in [9.17, 15) is 15.8 Å². The number of methoxy groups -OCH3 is 1. The second-order valence-corrected chi connectivity index (χ2v) is 7.26. The van der Waals surface area contributed by atoms with Crippen molar-refractivity contribution in [1.29, 1.82) is 21.2 Å². The molecule has 2 heterocycles. The monoisotopic (exact) mass is 362 g/mol. The summed E-state index contributed by atoms with van der Waals surface area (Å²) in [5.41, 5.74) is -2.95. The molecule has 1 aromatic rings. The Morgan fingerprint density at radius 2 is 1.81 bits per heavy atom. The number of ether oxygens (including phenoxy) is 3. The molecule has 4 rings (SSSR count). The molecule has 0 spiro atoms. The molecule has 1 aromatic carbocycles. The van der Waals surface area contributed by atoms with Crippen molar-refractivity contribution in [2.45, 2.75) is 37.6 Å². The highest BCUT2D eigenvalue weighted by Crippen LogP contribution is 2.69. The molecule has 136 valence electrons. The van der Waals surface area contributed by atoms with E-state index in [2.05, 4.69) is 18.2 Å². The van der Waals surface area contributed by atoms with Gasteiger partial charge in [-0.05, 0) is 30.5 Å². The van der Waals surface area contributed by atoms with Crippen molar-refractivity contribution in [3.8, 4) is 24.0 Å². The minimum Gasteiger partial charge on any atom is -0.497 e. The molecule has 1 aliphatic carbocycles. The van der Waals surface area contributed by atoms with Crippen molar-refractivity contribution in [2.24, 2.45) is 16.7 Å². The smallest absolute Gasteiger partial charge is 0.217 e. The van der Waals surface area contributed by atoms with Gasteiger partial charge in [0.15, 0.2) is 5.41 Å². The van der Waals surface area contributed by atoms with Crippen LogP contribution in [0.15, 0.2) is 24.3 Å². The number of nitrogens with zero attached hydrogens (tertiary/aromatic N) is 3. The molecule has 4 atom stereocenters. The van der Waals surface area contributed by atoms with Gasteiger partial charge in [-0.15, -0.1) is 0 Å². The first-order valence-corrected chi connectivity index (χ1v) is 8.87. The van der Waals surface area contributed by atoms with Gasteiger partial charge >= 0.3 is 0 Å². The summed E-state index contributed by atoms with van der Waals surface area (Å²) in [5.74, 6) is -1.34. The number of hydrogen-bond donors (Lipinski definition) is 1. The highest BCUT2D eigenvalue weighted by atomic mass is 16.7. The van der Waals surface area contributed by atoms with Gasteiger partial charge in [-0.1, -0.05) is 18.6 Å². The van der Waals surface area contributed by atoms with Crippen LogP contribution in [0, 0.1) is 56.2 Å². The first-order chi connectivity index (χ1) is 13.0. The highest BCUT2D eigenvalue weighted by molar-refractivity contribution is 5.89. The molecular formula is C20H18N4O3. The number of nitrogens with one attached hydrogen (secondary N) is 1. The van der Waals surface area contributed by atoms with Crippen molar-refractivity contribution in [3.05, 3.63) is 29.8 Å². The summed E-state index contributed by atoms with van der Waals surface area (Å²) in [5, 5.41) is 38.8. The summed E-state index contributed by atoms with van der Waals surface area (Å²) >= 11 is 0.